The number of carbonyl (C=O) groups is 1. The quantitative estimate of drug-likeness (QED) is 0.761. The van der Waals surface area contributed by atoms with Crippen LogP contribution in [0.4, 0.5) is 0 Å². The van der Waals surface area contributed by atoms with Gasteiger partial charge in [0.1, 0.15) is 5.25 Å². The van der Waals surface area contributed by atoms with Gasteiger partial charge in [-0.25, -0.2) is 4.68 Å². The lowest BCUT2D eigenvalue weighted by Gasteiger charge is -2.17. The van der Waals surface area contributed by atoms with Crippen molar-refractivity contribution in [3.05, 3.63) is 35.9 Å². The first-order valence-corrected chi connectivity index (χ1v) is 9.57. The van der Waals surface area contributed by atoms with E-state index in [9.17, 15) is 4.79 Å². The maximum absolute atomic E-state index is 12.7. The third kappa shape index (κ3) is 4.19. The number of amides is 1. The van der Waals surface area contributed by atoms with Crippen molar-refractivity contribution in [2.45, 2.75) is 54.8 Å². The largest absolute Gasteiger partial charge is 0.376 e. The highest BCUT2D eigenvalue weighted by atomic mass is 32.2. The van der Waals surface area contributed by atoms with Gasteiger partial charge in [0.05, 0.1) is 12.6 Å². The summed E-state index contributed by atoms with van der Waals surface area (Å²) in [6, 6.07) is 10.1. The molecule has 2 atom stereocenters. The average Bonchev–Trinajstić information content (AvgIpc) is 3.11. The minimum Gasteiger partial charge on any atom is -0.376 e. The predicted octanol–water partition coefficient (Wildman–Crippen LogP) is 1.96. The third-order valence-corrected chi connectivity index (χ3v) is 5.61. The fraction of sp³-hybridized carbons (Fsp3) is 0.529. The van der Waals surface area contributed by atoms with Gasteiger partial charge in [-0.15, -0.1) is 5.10 Å². The Morgan fingerprint density at radius 3 is 2.88 bits per heavy atom. The summed E-state index contributed by atoms with van der Waals surface area (Å²) in [5.41, 5.74) is 0.956. The highest BCUT2D eigenvalue weighted by molar-refractivity contribution is 8.00. The molecule has 0 radical (unpaired) electrons. The summed E-state index contributed by atoms with van der Waals surface area (Å²) in [7, 11) is 0. The molecule has 1 aromatic heterocycles. The minimum absolute atomic E-state index is 0.0189. The molecule has 2 aromatic rings. The van der Waals surface area contributed by atoms with Crippen molar-refractivity contribution in [3.63, 3.8) is 0 Å². The predicted molar refractivity (Wildman–Crippen MR) is 93.0 cm³/mol. The number of aromatic nitrogens is 4. The van der Waals surface area contributed by atoms with Gasteiger partial charge in [0, 0.05) is 12.6 Å². The normalized spacial score (nSPS) is 21.2. The van der Waals surface area contributed by atoms with Gasteiger partial charge in [-0.3, -0.25) is 4.79 Å². The Hall–Kier alpha value is -1.93. The molecule has 1 aliphatic carbocycles. The Morgan fingerprint density at radius 1 is 1.32 bits per heavy atom. The van der Waals surface area contributed by atoms with Crippen molar-refractivity contribution in [1.29, 1.82) is 0 Å². The molecule has 0 spiro atoms. The number of hydrogen-bond acceptors (Lipinski definition) is 6. The van der Waals surface area contributed by atoms with E-state index in [1.165, 1.54) is 11.8 Å². The second-order valence-corrected chi connectivity index (χ2v) is 7.54. The molecule has 1 amide bonds. The van der Waals surface area contributed by atoms with E-state index in [1.54, 1.807) is 4.68 Å². The molecule has 1 aromatic carbocycles. The fourth-order valence-corrected chi connectivity index (χ4v) is 3.88. The Bertz CT molecular complexity index is 713. The van der Waals surface area contributed by atoms with E-state index >= 15 is 0 Å². The molecular formula is C17H21N5O2S. The molecular weight excluding hydrogens is 338 g/mol. The van der Waals surface area contributed by atoms with Gasteiger partial charge in [-0.05, 0) is 41.7 Å². The molecule has 1 saturated heterocycles. The minimum atomic E-state index is -0.365. The Labute approximate surface area is 150 Å². The van der Waals surface area contributed by atoms with Crippen molar-refractivity contribution in [2.75, 3.05) is 6.61 Å². The number of nitrogens with zero attached hydrogens (tertiary/aromatic N) is 4. The van der Waals surface area contributed by atoms with Crippen LogP contribution in [0.3, 0.4) is 0 Å². The van der Waals surface area contributed by atoms with Gasteiger partial charge >= 0.3 is 0 Å². The maximum Gasteiger partial charge on any atom is 0.238 e. The molecule has 25 heavy (non-hydrogen) atoms. The highest BCUT2D eigenvalue weighted by Crippen LogP contribution is 2.35. The van der Waals surface area contributed by atoms with Crippen LogP contribution < -0.4 is 5.32 Å². The van der Waals surface area contributed by atoms with Crippen LogP contribution in [0.15, 0.2) is 35.5 Å². The maximum atomic E-state index is 12.7. The van der Waals surface area contributed by atoms with Gasteiger partial charge in [-0.1, -0.05) is 42.1 Å². The van der Waals surface area contributed by atoms with Crippen molar-refractivity contribution < 1.29 is 9.53 Å². The third-order valence-electron chi connectivity index (χ3n) is 4.39. The van der Waals surface area contributed by atoms with Crippen LogP contribution in [0.5, 0.6) is 0 Å². The van der Waals surface area contributed by atoms with Gasteiger partial charge in [0.2, 0.25) is 11.1 Å². The van der Waals surface area contributed by atoms with Crippen LogP contribution in [0, 0.1) is 0 Å². The van der Waals surface area contributed by atoms with Gasteiger partial charge in [0.25, 0.3) is 0 Å². The van der Waals surface area contributed by atoms with Crippen LogP contribution in [-0.4, -0.2) is 44.9 Å². The number of rotatable bonds is 7. The first-order valence-electron chi connectivity index (χ1n) is 8.69. The first kappa shape index (κ1) is 16.5. The van der Waals surface area contributed by atoms with E-state index in [0.717, 1.165) is 37.9 Å². The van der Waals surface area contributed by atoms with Crippen molar-refractivity contribution in [3.8, 4) is 0 Å². The van der Waals surface area contributed by atoms with Crippen LogP contribution in [0.1, 0.15) is 36.5 Å². The molecule has 1 N–H and O–H groups in total. The molecule has 8 heteroatoms. The van der Waals surface area contributed by atoms with Crippen molar-refractivity contribution in [2.24, 2.45) is 0 Å². The summed E-state index contributed by atoms with van der Waals surface area (Å²) in [6.07, 6.45) is 4.38. The molecule has 2 aliphatic rings. The van der Waals surface area contributed by atoms with Crippen LogP contribution in [0.25, 0.3) is 0 Å². The van der Waals surface area contributed by atoms with E-state index < -0.39 is 0 Å². The average molecular weight is 359 g/mol. The van der Waals surface area contributed by atoms with E-state index in [4.69, 9.17) is 4.74 Å². The van der Waals surface area contributed by atoms with E-state index in [1.807, 2.05) is 30.3 Å². The SMILES string of the molecule is O=C(NC1CC1)[C@@H](Sc1nnnn1C[C@H]1CCCO1)c1ccccc1. The van der Waals surface area contributed by atoms with E-state index in [2.05, 4.69) is 20.8 Å². The first-order chi connectivity index (χ1) is 12.3. The number of hydrogen-bond donors (Lipinski definition) is 1. The molecule has 2 fully saturated rings. The number of carbonyl (C=O) groups excluding carboxylic acids is 1. The molecule has 4 rings (SSSR count). The lowest BCUT2D eigenvalue weighted by Crippen LogP contribution is -2.30. The van der Waals surface area contributed by atoms with Gasteiger partial charge < -0.3 is 10.1 Å². The molecule has 132 valence electrons. The summed E-state index contributed by atoms with van der Waals surface area (Å²) >= 11 is 1.40. The van der Waals surface area contributed by atoms with Gasteiger partial charge in [0.15, 0.2) is 0 Å². The Balaban J connectivity index is 1.52. The Kier molecular flexibility index (Phi) is 4.98. The molecule has 1 saturated carbocycles. The summed E-state index contributed by atoms with van der Waals surface area (Å²) in [5, 5.41) is 15.4. The number of ether oxygens (including phenoxy) is 1. The second kappa shape index (κ2) is 7.53. The summed E-state index contributed by atoms with van der Waals surface area (Å²) in [6.45, 7) is 1.42. The lowest BCUT2D eigenvalue weighted by molar-refractivity contribution is -0.120. The number of nitrogens with one attached hydrogen (secondary N) is 1. The van der Waals surface area contributed by atoms with Crippen molar-refractivity contribution >= 4 is 17.7 Å². The highest BCUT2D eigenvalue weighted by Gasteiger charge is 2.30. The standard InChI is InChI=1S/C17H21N5O2S/c23-16(18-13-8-9-13)15(12-5-2-1-3-6-12)25-17-19-20-21-22(17)11-14-7-4-10-24-14/h1-3,5-6,13-15H,4,7-11H2,(H,18,23)/t14-,15+/m1/s1. The summed E-state index contributed by atoms with van der Waals surface area (Å²) in [5.74, 6) is 0.0189. The monoisotopic (exact) mass is 359 g/mol. The van der Waals surface area contributed by atoms with Crippen LogP contribution >= 0.6 is 11.8 Å². The van der Waals surface area contributed by atoms with Crippen LogP contribution in [0.2, 0.25) is 0 Å². The lowest BCUT2D eigenvalue weighted by atomic mass is 10.1. The number of thioether (sulfide) groups is 1. The van der Waals surface area contributed by atoms with E-state index in [0.29, 0.717) is 17.7 Å². The zero-order chi connectivity index (χ0) is 17.1. The van der Waals surface area contributed by atoms with Crippen molar-refractivity contribution in [1.82, 2.24) is 25.5 Å². The molecule has 1 aliphatic heterocycles. The zero-order valence-corrected chi connectivity index (χ0v) is 14.7. The summed E-state index contributed by atoms with van der Waals surface area (Å²) < 4.78 is 7.43. The summed E-state index contributed by atoms with van der Waals surface area (Å²) in [4.78, 5) is 12.7. The Morgan fingerprint density at radius 2 is 2.16 bits per heavy atom. The van der Waals surface area contributed by atoms with E-state index in [-0.39, 0.29) is 17.3 Å². The zero-order valence-electron chi connectivity index (χ0n) is 13.9. The topological polar surface area (TPSA) is 81.9 Å². The molecule has 0 unspecified atom stereocenters. The second-order valence-electron chi connectivity index (χ2n) is 6.47. The van der Waals surface area contributed by atoms with Gasteiger partial charge in [-0.2, -0.15) is 0 Å². The number of benzene rings is 1. The molecule has 7 nitrogen and oxygen atoms in total. The van der Waals surface area contributed by atoms with Crippen LogP contribution in [-0.2, 0) is 16.1 Å². The fourth-order valence-electron chi connectivity index (χ4n) is 2.89. The molecule has 2 heterocycles. The molecule has 0 bridgehead atoms. The smallest absolute Gasteiger partial charge is 0.238 e. The number of tetrazole rings is 1.